The Balaban J connectivity index is 1.52. The second kappa shape index (κ2) is 6.31. The second-order valence-electron chi connectivity index (χ2n) is 5.04. The van der Waals surface area contributed by atoms with Crippen molar-refractivity contribution in [1.82, 2.24) is 10.1 Å². The summed E-state index contributed by atoms with van der Waals surface area (Å²) in [5.74, 6) is 2.82. The molecule has 0 aliphatic carbocycles. The molecule has 1 aromatic carbocycles. The Labute approximate surface area is 123 Å². The maximum absolute atomic E-state index is 5.33. The van der Waals surface area contributed by atoms with E-state index in [1.54, 1.807) is 0 Å². The molecular weight excluding hydrogens is 270 g/mol. The van der Waals surface area contributed by atoms with E-state index in [0.717, 1.165) is 24.7 Å². The van der Waals surface area contributed by atoms with Gasteiger partial charge in [-0.15, -0.1) is 0 Å². The molecule has 1 atom stereocenters. The minimum Gasteiger partial charge on any atom is -0.384 e. The van der Waals surface area contributed by atoms with Crippen LogP contribution in [0.15, 0.2) is 28.8 Å². The Kier molecular flexibility index (Phi) is 4.25. The van der Waals surface area contributed by atoms with Crippen LogP contribution in [0.5, 0.6) is 0 Å². The van der Waals surface area contributed by atoms with Crippen molar-refractivity contribution in [2.24, 2.45) is 0 Å². The molecule has 0 saturated carbocycles. The first-order valence-corrected chi connectivity index (χ1v) is 8.11. The monoisotopic (exact) mass is 289 g/mol. The molecule has 1 aromatic heterocycles. The number of rotatable bonds is 5. The molecule has 2 aromatic rings. The van der Waals surface area contributed by atoms with Crippen molar-refractivity contribution in [2.75, 3.05) is 17.6 Å². The van der Waals surface area contributed by atoms with Crippen LogP contribution < -0.4 is 5.32 Å². The van der Waals surface area contributed by atoms with Crippen molar-refractivity contribution < 1.29 is 4.52 Å². The van der Waals surface area contributed by atoms with Crippen LogP contribution in [-0.2, 0) is 6.42 Å². The Hall–Kier alpha value is -1.49. The number of para-hydroxylation sites is 1. The fraction of sp³-hybridized carbons (Fsp3) is 0.467. The van der Waals surface area contributed by atoms with Gasteiger partial charge in [0.15, 0.2) is 5.82 Å². The lowest BCUT2D eigenvalue weighted by molar-refractivity contribution is 0.374. The van der Waals surface area contributed by atoms with Gasteiger partial charge in [-0.1, -0.05) is 23.4 Å². The van der Waals surface area contributed by atoms with E-state index in [4.69, 9.17) is 4.52 Å². The fourth-order valence-corrected chi connectivity index (χ4v) is 3.55. The predicted octanol–water partition coefficient (Wildman–Crippen LogP) is 3.60. The Bertz CT molecular complexity index is 564. The first-order valence-electron chi connectivity index (χ1n) is 7.06. The van der Waals surface area contributed by atoms with E-state index < -0.39 is 0 Å². The number of hydrogen-bond donors (Lipinski definition) is 1. The molecule has 1 unspecified atom stereocenters. The van der Waals surface area contributed by atoms with E-state index in [0.29, 0.717) is 5.25 Å². The molecule has 3 rings (SSSR count). The minimum atomic E-state index is 0.442. The molecule has 4 nitrogen and oxygen atoms in total. The molecule has 0 amide bonds. The molecule has 1 fully saturated rings. The lowest BCUT2D eigenvalue weighted by atomic mass is 10.2. The standard InChI is InChI=1S/C15H19N3OS/c1-11-5-2-3-6-12(11)16-9-8-14-17-15(18-19-14)13-7-4-10-20-13/h2-3,5-6,13,16H,4,7-10H2,1H3. The molecule has 5 heteroatoms. The van der Waals surface area contributed by atoms with Gasteiger partial charge in [0.1, 0.15) is 0 Å². The highest BCUT2D eigenvalue weighted by molar-refractivity contribution is 7.99. The van der Waals surface area contributed by atoms with Gasteiger partial charge in [0, 0.05) is 18.7 Å². The van der Waals surface area contributed by atoms with Crippen LogP contribution in [0.1, 0.15) is 35.4 Å². The SMILES string of the molecule is Cc1ccccc1NCCc1nc(C2CCCS2)no1. The maximum atomic E-state index is 5.33. The third-order valence-corrected chi connectivity index (χ3v) is 4.87. The smallest absolute Gasteiger partial charge is 0.228 e. The van der Waals surface area contributed by atoms with Crippen LogP contribution in [0.25, 0.3) is 0 Å². The van der Waals surface area contributed by atoms with E-state index >= 15 is 0 Å². The van der Waals surface area contributed by atoms with Crippen molar-refractivity contribution in [1.29, 1.82) is 0 Å². The van der Waals surface area contributed by atoms with Crippen molar-refractivity contribution in [2.45, 2.75) is 31.4 Å². The van der Waals surface area contributed by atoms with Gasteiger partial charge >= 0.3 is 0 Å². The minimum absolute atomic E-state index is 0.442. The predicted molar refractivity (Wildman–Crippen MR) is 82.1 cm³/mol. The largest absolute Gasteiger partial charge is 0.384 e. The van der Waals surface area contributed by atoms with Gasteiger partial charge in [-0.2, -0.15) is 16.7 Å². The number of hydrogen-bond acceptors (Lipinski definition) is 5. The zero-order valence-corrected chi connectivity index (χ0v) is 12.4. The van der Waals surface area contributed by atoms with Crippen LogP contribution in [0.2, 0.25) is 0 Å². The fourth-order valence-electron chi connectivity index (χ4n) is 2.36. The highest BCUT2D eigenvalue weighted by Crippen LogP contribution is 2.38. The summed E-state index contributed by atoms with van der Waals surface area (Å²) in [7, 11) is 0. The number of thioether (sulfide) groups is 1. The second-order valence-corrected chi connectivity index (χ2v) is 6.35. The van der Waals surface area contributed by atoms with Gasteiger partial charge in [0.2, 0.25) is 5.89 Å². The summed E-state index contributed by atoms with van der Waals surface area (Å²) >= 11 is 1.93. The number of aryl methyl sites for hydroxylation is 1. The summed E-state index contributed by atoms with van der Waals surface area (Å²) in [5.41, 5.74) is 2.42. The third kappa shape index (κ3) is 3.15. The van der Waals surface area contributed by atoms with Gasteiger partial charge in [0.05, 0.1) is 5.25 Å². The summed E-state index contributed by atoms with van der Waals surface area (Å²) in [6, 6.07) is 8.27. The lowest BCUT2D eigenvalue weighted by Crippen LogP contribution is -2.06. The lowest BCUT2D eigenvalue weighted by Gasteiger charge is -2.07. The molecule has 0 spiro atoms. The normalized spacial score (nSPS) is 18.4. The molecule has 0 radical (unpaired) electrons. The Morgan fingerprint density at radius 3 is 3.10 bits per heavy atom. The highest BCUT2D eigenvalue weighted by atomic mass is 32.2. The quantitative estimate of drug-likeness (QED) is 0.911. The zero-order valence-electron chi connectivity index (χ0n) is 11.6. The molecule has 20 heavy (non-hydrogen) atoms. The first kappa shape index (κ1) is 13.5. The number of nitrogens with one attached hydrogen (secondary N) is 1. The van der Waals surface area contributed by atoms with Gasteiger partial charge in [-0.25, -0.2) is 0 Å². The van der Waals surface area contributed by atoms with Crippen molar-refractivity contribution in [3.63, 3.8) is 0 Å². The van der Waals surface area contributed by atoms with Crippen molar-refractivity contribution in [3.05, 3.63) is 41.5 Å². The molecule has 1 N–H and O–H groups in total. The maximum Gasteiger partial charge on any atom is 0.228 e. The number of benzene rings is 1. The van der Waals surface area contributed by atoms with Crippen LogP contribution >= 0.6 is 11.8 Å². The van der Waals surface area contributed by atoms with Crippen molar-refractivity contribution in [3.8, 4) is 0 Å². The van der Waals surface area contributed by atoms with E-state index in [1.165, 1.54) is 29.8 Å². The van der Waals surface area contributed by atoms with Crippen LogP contribution in [0.4, 0.5) is 5.69 Å². The topological polar surface area (TPSA) is 51.0 Å². The average Bonchev–Trinajstić information content (AvgIpc) is 3.11. The summed E-state index contributed by atoms with van der Waals surface area (Å²) < 4.78 is 5.33. The summed E-state index contributed by atoms with van der Waals surface area (Å²) in [6.45, 7) is 2.91. The van der Waals surface area contributed by atoms with Crippen LogP contribution in [0, 0.1) is 6.92 Å². The molecule has 0 bridgehead atoms. The molecule has 1 aliphatic heterocycles. The highest BCUT2D eigenvalue weighted by Gasteiger charge is 2.22. The van der Waals surface area contributed by atoms with E-state index in [9.17, 15) is 0 Å². The van der Waals surface area contributed by atoms with E-state index in [1.807, 2.05) is 23.9 Å². The van der Waals surface area contributed by atoms with E-state index in [-0.39, 0.29) is 0 Å². The first-order chi connectivity index (χ1) is 9.83. The summed E-state index contributed by atoms with van der Waals surface area (Å²) in [4.78, 5) is 4.51. The number of nitrogens with zero attached hydrogens (tertiary/aromatic N) is 2. The van der Waals surface area contributed by atoms with Gasteiger partial charge < -0.3 is 9.84 Å². The van der Waals surface area contributed by atoms with Gasteiger partial charge in [0.25, 0.3) is 0 Å². The van der Waals surface area contributed by atoms with Gasteiger partial charge in [-0.05, 0) is 37.1 Å². The van der Waals surface area contributed by atoms with Gasteiger partial charge in [-0.3, -0.25) is 0 Å². The third-order valence-electron chi connectivity index (χ3n) is 3.50. The van der Waals surface area contributed by atoms with Crippen molar-refractivity contribution >= 4 is 17.4 Å². The van der Waals surface area contributed by atoms with Crippen LogP contribution in [-0.4, -0.2) is 22.4 Å². The average molecular weight is 289 g/mol. The van der Waals surface area contributed by atoms with Crippen LogP contribution in [0.3, 0.4) is 0 Å². The molecule has 1 saturated heterocycles. The Morgan fingerprint density at radius 1 is 1.40 bits per heavy atom. The Morgan fingerprint density at radius 2 is 2.30 bits per heavy atom. The zero-order chi connectivity index (χ0) is 13.8. The number of aromatic nitrogens is 2. The molecule has 2 heterocycles. The molecule has 106 valence electrons. The van der Waals surface area contributed by atoms with E-state index in [2.05, 4.69) is 34.5 Å². The summed E-state index contributed by atoms with van der Waals surface area (Å²) in [5, 5.41) is 7.96. The molecule has 1 aliphatic rings. The molecular formula is C15H19N3OS. The number of anilines is 1. The summed E-state index contributed by atoms with van der Waals surface area (Å²) in [6.07, 6.45) is 3.19.